The number of aryl methyl sites for hydroxylation is 1. The van der Waals surface area contributed by atoms with E-state index in [2.05, 4.69) is 44.0 Å². The zero-order valence-electron chi connectivity index (χ0n) is 14.1. The van der Waals surface area contributed by atoms with Crippen LogP contribution in [-0.2, 0) is 18.3 Å². The Kier molecular flexibility index (Phi) is 4.16. The van der Waals surface area contributed by atoms with E-state index >= 15 is 0 Å². The number of pyridine rings is 1. The van der Waals surface area contributed by atoms with Crippen LogP contribution in [0, 0.1) is 11.3 Å². The van der Waals surface area contributed by atoms with Gasteiger partial charge in [-0.05, 0) is 48.8 Å². The van der Waals surface area contributed by atoms with Crippen LogP contribution in [0.4, 0.5) is 5.82 Å². The molecule has 0 spiro atoms. The number of rotatable bonds is 1. The Morgan fingerprint density at radius 1 is 1.17 bits per heavy atom. The second kappa shape index (κ2) is 5.98. The number of nitrogen functional groups attached to an aromatic ring is 1. The molecule has 2 heterocycles. The first-order valence-electron chi connectivity index (χ1n) is 8.24. The van der Waals surface area contributed by atoms with Crippen molar-refractivity contribution >= 4 is 17.2 Å². The van der Waals surface area contributed by atoms with E-state index in [9.17, 15) is 5.26 Å². The van der Waals surface area contributed by atoms with Crippen molar-refractivity contribution in [1.82, 2.24) is 4.98 Å². The molecule has 0 saturated carbocycles. The van der Waals surface area contributed by atoms with Crippen LogP contribution in [-0.4, -0.2) is 4.98 Å². The molecule has 0 atom stereocenters. The van der Waals surface area contributed by atoms with Gasteiger partial charge in [0.05, 0.1) is 0 Å². The molecular formula is C19H23N3S. The van der Waals surface area contributed by atoms with Gasteiger partial charge in [-0.25, -0.2) is 4.98 Å². The molecule has 0 fully saturated rings. The Morgan fingerprint density at radius 2 is 1.91 bits per heavy atom. The van der Waals surface area contributed by atoms with Gasteiger partial charge in [0.25, 0.3) is 0 Å². The summed E-state index contributed by atoms with van der Waals surface area (Å²) in [6, 6.07) is 6.63. The maximum atomic E-state index is 9.63. The van der Waals surface area contributed by atoms with Crippen LogP contribution in [0.5, 0.6) is 0 Å². The lowest BCUT2D eigenvalue weighted by Gasteiger charge is -2.16. The van der Waals surface area contributed by atoms with Gasteiger partial charge in [0.15, 0.2) is 0 Å². The van der Waals surface area contributed by atoms with Gasteiger partial charge in [0.1, 0.15) is 17.5 Å². The Bertz CT molecular complexity index is 775. The fourth-order valence-corrected chi connectivity index (χ4v) is 4.34. The lowest BCUT2D eigenvalue weighted by atomic mass is 9.94. The van der Waals surface area contributed by atoms with E-state index in [4.69, 9.17) is 5.73 Å². The van der Waals surface area contributed by atoms with Crippen molar-refractivity contribution in [2.24, 2.45) is 0 Å². The molecule has 0 saturated heterocycles. The van der Waals surface area contributed by atoms with Crippen LogP contribution in [0.15, 0.2) is 12.1 Å². The number of anilines is 1. The third-order valence-electron chi connectivity index (χ3n) is 4.46. The first-order valence-corrected chi connectivity index (χ1v) is 9.05. The summed E-state index contributed by atoms with van der Waals surface area (Å²) in [5, 5.41) is 9.63. The van der Waals surface area contributed by atoms with E-state index < -0.39 is 0 Å². The number of fused-ring (bicyclic) bond motifs is 1. The summed E-state index contributed by atoms with van der Waals surface area (Å²) in [5.74, 6) is 0.383. The Morgan fingerprint density at radius 3 is 2.57 bits per heavy atom. The van der Waals surface area contributed by atoms with Gasteiger partial charge in [-0.1, -0.05) is 27.2 Å². The Labute approximate surface area is 142 Å². The van der Waals surface area contributed by atoms with E-state index in [0.29, 0.717) is 11.4 Å². The van der Waals surface area contributed by atoms with Crippen LogP contribution in [0.25, 0.3) is 10.4 Å². The third-order valence-corrected chi connectivity index (χ3v) is 5.98. The van der Waals surface area contributed by atoms with Gasteiger partial charge in [-0.2, -0.15) is 5.26 Å². The van der Waals surface area contributed by atoms with E-state index in [-0.39, 0.29) is 5.41 Å². The Balaban J connectivity index is 2.23. The fourth-order valence-electron chi connectivity index (χ4n) is 3.20. The first-order chi connectivity index (χ1) is 10.9. The van der Waals surface area contributed by atoms with Crippen molar-refractivity contribution in [3.8, 4) is 16.5 Å². The van der Waals surface area contributed by atoms with Crippen LogP contribution in [0.1, 0.15) is 61.7 Å². The molecule has 1 aliphatic carbocycles. The summed E-state index contributed by atoms with van der Waals surface area (Å²) in [6.45, 7) is 6.65. The fraction of sp³-hybridized carbons (Fsp3) is 0.474. The van der Waals surface area contributed by atoms with Gasteiger partial charge in [-0.3, -0.25) is 0 Å². The molecular weight excluding hydrogens is 302 g/mol. The molecule has 23 heavy (non-hydrogen) atoms. The summed E-state index contributed by atoms with van der Waals surface area (Å²) < 4.78 is 0. The SMILES string of the molecule is CC(C)(C)c1ccc(-c2c(C#N)c(N)nc3c2CCCCC3)s1. The second-order valence-electron chi connectivity index (χ2n) is 7.26. The standard InChI is InChI=1S/C19H23N3S/c1-19(2,3)16-10-9-15(23-16)17-12-7-5-4-6-8-14(12)22-18(21)13(17)11-20/h9-10H,4-8H2,1-3H3,(H2,21,22). The van der Waals surface area contributed by atoms with Crippen molar-refractivity contribution < 1.29 is 0 Å². The van der Waals surface area contributed by atoms with Gasteiger partial charge in [0, 0.05) is 21.0 Å². The minimum atomic E-state index is 0.116. The average molecular weight is 325 g/mol. The van der Waals surface area contributed by atoms with Gasteiger partial charge in [-0.15, -0.1) is 11.3 Å². The minimum absolute atomic E-state index is 0.116. The predicted octanol–water partition coefficient (Wildman–Crippen LogP) is 4.83. The maximum Gasteiger partial charge on any atom is 0.142 e. The quantitative estimate of drug-likeness (QED) is 0.764. The molecule has 0 radical (unpaired) electrons. The molecule has 2 aromatic heterocycles. The molecule has 3 nitrogen and oxygen atoms in total. The average Bonchev–Trinajstić information content (AvgIpc) is 2.87. The molecule has 0 aromatic carbocycles. The number of hydrogen-bond donors (Lipinski definition) is 1. The molecule has 0 aliphatic heterocycles. The highest BCUT2D eigenvalue weighted by Crippen LogP contribution is 2.41. The minimum Gasteiger partial charge on any atom is -0.383 e. The lowest BCUT2D eigenvalue weighted by molar-refractivity contribution is 0.604. The highest BCUT2D eigenvalue weighted by Gasteiger charge is 2.24. The molecule has 0 unspecified atom stereocenters. The van der Waals surface area contributed by atoms with E-state index in [0.717, 1.165) is 41.8 Å². The molecule has 4 heteroatoms. The van der Waals surface area contributed by atoms with Crippen molar-refractivity contribution in [3.63, 3.8) is 0 Å². The molecule has 0 amide bonds. The van der Waals surface area contributed by atoms with Crippen molar-refractivity contribution in [3.05, 3.63) is 33.8 Å². The third kappa shape index (κ3) is 2.98. The molecule has 0 bridgehead atoms. The summed E-state index contributed by atoms with van der Waals surface area (Å²) >= 11 is 1.78. The lowest BCUT2D eigenvalue weighted by Crippen LogP contribution is -2.08. The zero-order chi connectivity index (χ0) is 16.6. The first kappa shape index (κ1) is 16.0. The monoisotopic (exact) mass is 325 g/mol. The number of thiophene rings is 1. The van der Waals surface area contributed by atoms with Gasteiger partial charge >= 0.3 is 0 Å². The van der Waals surface area contributed by atoms with Crippen molar-refractivity contribution in [2.45, 2.75) is 58.3 Å². The number of aromatic nitrogens is 1. The number of nitrogens with two attached hydrogens (primary N) is 1. The molecule has 1 aliphatic rings. The van der Waals surface area contributed by atoms with Gasteiger partial charge < -0.3 is 5.73 Å². The highest BCUT2D eigenvalue weighted by molar-refractivity contribution is 7.15. The largest absolute Gasteiger partial charge is 0.383 e. The summed E-state index contributed by atoms with van der Waals surface area (Å²) in [6.07, 6.45) is 5.50. The molecule has 3 rings (SSSR count). The molecule has 2 N–H and O–H groups in total. The van der Waals surface area contributed by atoms with Crippen LogP contribution < -0.4 is 5.73 Å². The zero-order valence-corrected chi connectivity index (χ0v) is 14.9. The number of hydrogen-bond acceptors (Lipinski definition) is 4. The Hall–Kier alpha value is -1.86. The second-order valence-corrected chi connectivity index (χ2v) is 8.34. The van der Waals surface area contributed by atoms with Crippen LogP contribution in [0.2, 0.25) is 0 Å². The maximum absolute atomic E-state index is 9.63. The van der Waals surface area contributed by atoms with E-state index in [1.165, 1.54) is 16.9 Å². The summed E-state index contributed by atoms with van der Waals surface area (Å²) in [5.41, 5.74) is 10.2. The van der Waals surface area contributed by atoms with Crippen molar-refractivity contribution in [2.75, 3.05) is 5.73 Å². The predicted molar refractivity (Wildman–Crippen MR) is 96.6 cm³/mol. The number of nitrogens with zero attached hydrogens (tertiary/aromatic N) is 2. The number of nitriles is 1. The van der Waals surface area contributed by atoms with E-state index in [1.54, 1.807) is 11.3 Å². The topological polar surface area (TPSA) is 62.7 Å². The van der Waals surface area contributed by atoms with Crippen molar-refractivity contribution in [1.29, 1.82) is 5.26 Å². The normalized spacial score (nSPS) is 14.9. The highest BCUT2D eigenvalue weighted by atomic mass is 32.1. The summed E-state index contributed by atoms with van der Waals surface area (Å²) in [4.78, 5) is 7.03. The summed E-state index contributed by atoms with van der Waals surface area (Å²) in [7, 11) is 0. The molecule has 2 aromatic rings. The van der Waals surface area contributed by atoms with E-state index in [1.807, 2.05) is 0 Å². The van der Waals surface area contributed by atoms with Crippen LogP contribution in [0.3, 0.4) is 0 Å². The molecule has 120 valence electrons. The van der Waals surface area contributed by atoms with Gasteiger partial charge in [0.2, 0.25) is 0 Å². The van der Waals surface area contributed by atoms with Crippen LogP contribution >= 0.6 is 11.3 Å². The smallest absolute Gasteiger partial charge is 0.142 e.